The first-order chi connectivity index (χ1) is 9.34. The Bertz CT molecular complexity index is 346. The van der Waals surface area contributed by atoms with Gasteiger partial charge in [0.2, 0.25) is 0 Å². The Morgan fingerprint density at radius 3 is 2.42 bits per heavy atom. The fourth-order valence-corrected chi connectivity index (χ4v) is 3.60. The van der Waals surface area contributed by atoms with Gasteiger partial charge in [0.1, 0.15) is 5.75 Å². The number of phenols is 1. The van der Waals surface area contributed by atoms with E-state index in [9.17, 15) is 5.11 Å². The molecule has 3 heteroatoms. The highest BCUT2D eigenvalue weighted by molar-refractivity contribution is 7.99. The van der Waals surface area contributed by atoms with Gasteiger partial charge >= 0.3 is 0 Å². The summed E-state index contributed by atoms with van der Waals surface area (Å²) in [5.41, 5.74) is 0. The molecule has 2 nitrogen and oxygen atoms in total. The van der Waals surface area contributed by atoms with Crippen LogP contribution in [0.4, 0.5) is 0 Å². The highest BCUT2D eigenvalue weighted by Gasteiger charge is 2.12. The summed E-state index contributed by atoms with van der Waals surface area (Å²) in [6.45, 7) is 4.19. The van der Waals surface area contributed by atoms with Crippen molar-refractivity contribution in [1.82, 2.24) is 0 Å². The summed E-state index contributed by atoms with van der Waals surface area (Å²) in [4.78, 5) is 3.09. The van der Waals surface area contributed by atoms with Crippen LogP contribution in [0.2, 0.25) is 0 Å². The standard InChI is InChI=1S/C16H25NOS/c18-15-7-9-16(10-8-15)19-14-6-2-5-13-17-11-3-1-4-12-17/h7-10,18H,1-6,11-14H2/p+1. The predicted octanol–water partition coefficient (Wildman–Crippen LogP) is 2.72. The van der Waals surface area contributed by atoms with E-state index in [0.717, 1.165) is 0 Å². The number of unbranched alkanes of at least 4 members (excludes halogenated alkanes) is 2. The number of piperidine rings is 1. The van der Waals surface area contributed by atoms with E-state index in [4.69, 9.17) is 0 Å². The predicted molar refractivity (Wildman–Crippen MR) is 82.1 cm³/mol. The summed E-state index contributed by atoms with van der Waals surface area (Å²) in [7, 11) is 0. The molecule has 1 aromatic rings. The zero-order valence-corrected chi connectivity index (χ0v) is 12.6. The highest BCUT2D eigenvalue weighted by atomic mass is 32.2. The molecule has 0 radical (unpaired) electrons. The molecule has 0 unspecified atom stereocenters. The number of nitrogens with one attached hydrogen (secondary N) is 1. The number of likely N-dealkylation sites (tertiary alicyclic amines) is 1. The van der Waals surface area contributed by atoms with Crippen molar-refractivity contribution in [2.24, 2.45) is 0 Å². The second-order valence-electron chi connectivity index (χ2n) is 5.46. The Hall–Kier alpha value is -0.670. The Kier molecular flexibility index (Phi) is 6.58. The van der Waals surface area contributed by atoms with Crippen molar-refractivity contribution in [3.05, 3.63) is 24.3 Å². The van der Waals surface area contributed by atoms with E-state index in [1.807, 2.05) is 28.8 Å². The van der Waals surface area contributed by atoms with Crippen LogP contribution in [0.25, 0.3) is 0 Å². The van der Waals surface area contributed by atoms with Crippen molar-refractivity contribution < 1.29 is 10.0 Å². The lowest BCUT2D eigenvalue weighted by atomic mass is 10.1. The van der Waals surface area contributed by atoms with Crippen LogP contribution in [0.1, 0.15) is 38.5 Å². The monoisotopic (exact) mass is 280 g/mol. The summed E-state index contributed by atoms with van der Waals surface area (Å²) in [5.74, 6) is 1.55. The number of phenolic OH excluding ortho intramolecular Hbond substituents is 1. The van der Waals surface area contributed by atoms with Crippen molar-refractivity contribution in [2.45, 2.75) is 43.4 Å². The minimum Gasteiger partial charge on any atom is -0.508 e. The lowest BCUT2D eigenvalue weighted by Crippen LogP contribution is -3.12. The number of hydrogen-bond donors (Lipinski definition) is 2. The quantitative estimate of drug-likeness (QED) is 0.593. The van der Waals surface area contributed by atoms with E-state index in [2.05, 4.69) is 0 Å². The van der Waals surface area contributed by atoms with E-state index in [1.165, 1.54) is 68.8 Å². The SMILES string of the molecule is Oc1ccc(SCCCCC[NH+]2CCCCC2)cc1. The van der Waals surface area contributed by atoms with Crippen molar-refractivity contribution in [3.63, 3.8) is 0 Å². The molecule has 2 rings (SSSR count). The van der Waals surface area contributed by atoms with Crippen molar-refractivity contribution in [2.75, 3.05) is 25.4 Å². The molecule has 0 aromatic heterocycles. The zero-order valence-electron chi connectivity index (χ0n) is 11.7. The third-order valence-corrected chi connectivity index (χ3v) is 4.94. The minimum absolute atomic E-state index is 0.355. The molecular formula is C16H26NOS+. The molecule has 19 heavy (non-hydrogen) atoms. The molecule has 1 aliphatic rings. The molecule has 1 saturated heterocycles. The lowest BCUT2D eigenvalue weighted by Gasteiger charge is -2.23. The first kappa shape index (κ1) is 14.7. The normalized spacial score (nSPS) is 16.6. The first-order valence-corrected chi connectivity index (χ1v) is 8.58. The topological polar surface area (TPSA) is 24.7 Å². The first-order valence-electron chi connectivity index (χ1n) is 7.60. The van der Waals surface area contributed by atoms with Gasteiger partial charge in [-0.15, -0.1) is 11.8 Å². The smallest absolute Gasteiger partial charge is 0.115 e. The van der Waals surface area contributed by atoms with E-state index in [-0.39, 0.29) is 0 Å². The molecule has 1 heterocycles. The van der Waals surface area contributed by atoms with Crippen LogP contribution in [0.15, 0.2) is 29.2 Å². The van der Waals surface area contributed by atoms with Crippen LogP contribution >= 0.6 is 11.8 Å². The summed E-state index contributed by atoms with van der Waals surface area (Å²) >= 11 is 1.90. The molecule has 0 aliphatic carbocycles. The number of thioether (sulfide) groups is 1. The van der Waals surface area contributed by atoms with Crippen molar-refractivity contribution in [1.29, 1.82) is 0 Å². The van der Waals surface area contributed by atoms with Gasteiger partial charge in [-0.3, -0.25) is 0 Å². The molecule has 0 saturated carbocycles. The van der Waals surface area contributed by atoms with Gasteiger partial charge in [0.05, 0.1) is 19.6 Å². The van der Waals surface area contributed by atoms with Gasteiger partial charge in [-0.1, -0.05) is 0 Å². The number of quaternary nitrogens is 1. The van der Waals surface area contributed by atoms with Crippen LogP contribution in [0, 0.1) is 0 Å². The Balaban J connectivity index is 1.49. The molecule has 0 spiro atoms. The summed E-state index contributed by atoms with van der Waals surface area (Å²) < 4.78 is 0. The number of benzene rings is 1. The number of hydrogen-bond acceptors (Lipinski definition) is 2. The van der Waals surface area contributed by atoms with Gasteiger partial charge in [0, 0.05) is 4.90 Å². The number of rotatable bonds is 7. The molecule has 106 valence electrons. The van der Waals surface area contributed by atoms with Crippen LogP contribution < -0.4 is 4.90 Å². The van der Waals surface area contributed by atoms with Crippen LogP contribution in [-0.2, 0) is 0 Å². The second-order valence-corrected chi connectivity index (χ2v) is 6.63. The molecule has 0 amide bonds. The fraction of sp³-hybridized carbons (Fsp3) is 0.625. The van der Waals surface area contributed by atoms with Gasteiger partial charge in [-0.2, -0.15) is 0 Å². The number of aromatic hydroxyl groups is 1. The van der Waals surface area contributed by atoms with Crippen molar-refractivity contribution in [3.8, 4) is 5.75 Å². The zero-order chi connectivity index (χ0) is 13.3. The fourth-order valence-electron chi connectivity index (χ4n) is 2.69. The molecule has 2 N–H and O–H groups in total. The van der Waals surface area contributed by atoms with Crippen LogP contribution in [0.5, 0.6) is 5.75 Å². The molecule has 0 atom stereocenters. The van der Waals surface area contributed by atoms with E-state index < -0.39 is 0 Å². The van der Waals surface area contributed by atoms with Gasteiger partial charge in [-0.25, -0.2) is 0 Å². The minimum atomic E-state index is 0.355. The second kappa shape index (κ2) is 8.49. The molecule has 1 fully saturated rings. The van der Waals surface area contributed by atoms with Gasteiger partial charge < -0.3 is 10.0 Å². The summed E-state index contributed by atoms with van der Waals surface area (Å²) in [6, 6.07) is 7.53. The Morgan fingerprint density at radius 2 is 1.68 bits per heavy atom. The van der Waals surface area contributed by atoms with Crippen LogP contribution in [0.3, 0.4) is 0 Å². The van der Waals surface area contributed by atoms with Crippen molar-refractivity contribution >= 4 is 11.8 Å². The summed E-state index contributed by atoms with van der Waals surface area (Å²) in [6.07, 6.45) is 8.36. The van der Waals surface area contributed by atoms with Gasteiger partial charge in [-0.05, 0) is 68.5 Å². The van der Waals surface area contributed by atoms with Gasteiger partial charge in [0.25, 0.3) is 0 Å². The van der Waals surface area contributed by atoms with E-state index in [1.54, 1.807) is 12.1 Å². The molecule has 1 aliphatic heterocycles. The highest BCUT2D eigenvalue weighted by Crippen LogP contribution is 2.21. The van der Waals surface area contributed by atoms with E-state index in [0.29, 0.717) is 5.75 Å². The molecule has 1 aromatic carbocycles. The summed E-state index contributed by atoms with van der Waals surface area (Å²) in [5, 5.41) is 9.21. The third kappa shape index (κ3) is 5.87. The maximum Gasteiger partial charge on any atom is 0.115 e. The van der Waals surface area contributed by atoms with E-state index >= 15 is 0 Å². The maximum absolute atomic E-state index is 9.21. The average molecular weight is 280 g/mol. The van der Waals surface area contributed by atoms with Crippen LogP contribution in [-0.4, -0.2) is 30.5 Å². The van der Waals surface area contributed by atoms with Gasteiger partial charge in [0.15, 0.2) is 0 Å². The lowest BCUT2D eigenvalue weighted by molar-refractivity contribution is -0.905. The average Bonchev–Trinajstić information content (AvgIpc) is 2.46. The Labute approximate surface area is 121 Å². The third-order valence-electron chi connectivity index (χ3n) is 3.84. The molecular weight excluding hydrogens is 254 g/mol. The maximum atomic E-state index is 9.21. The molecule has 0 bridgehead atoms. The largest absolute Gasteiger partial charge is 0.508 e. The Morgan fingerprint density at radius 1 is 0.947 bits per heavy atom.